The van der Waals surface area contributed by atoms with E-state index in [2.05, 4.69) is 27.7 Å². The number of fused-ring (bicyclic) bond motifs is 1. The number of esters is 1. The molecule has 0 radical (unpaired) electrons. The van der Waals surface area contributed by atoms with Crippen LogP contribution in [0.3, 0.4) is 0 Å². The third-order valence-corrected chi connectivity index (χ3v) is 8.52. The third kappa shape index (κ3) is 7.51. The van der Waals surface area contributed by atoms with Crippen molar-refractivity contribution in [2.24, 2.45) is 23.7 Å². The fourth-order valence-corrected chi connectivity index (χ4v) is 5.99. The van der Waals surface area contributed by atoms with Crippen LogP contribution in [-0.2, 0) is 9.53 Å². The van der Waals surface area contributed by atoms with Gasteiger partial charge >= 0.3 is 5.97 Å². The third-order valence-electron chi connectivity index (χ3n) is 8.52. The second-order valence-electron chi connectivity index (χ2n) is 12.2. The van der Waals surface area contributed by atoms with Gasteiger partial charge in [0, 0.05) is 5.56 Å². The molecule has 1 aromatic rings. The van der Waals surface area contributed by atoms with Gasteiger partial charge in [0.1, 0.15) is 17.1 Å². The number of carbonyl (C=O) groups excluding carboxylic acids is 2. The van der Waals surface area contributed by atoms with E-state index in [0.717, 1.165) is 35.8 Å². The lowest BCUT2D eigenvalue weighted by Gasteiger charge is -2.41. The first-order valence-electron chi connectivity index (χ1n) is 14.4. The Morgan fingerprint density at radius 3 is 1.92 bits per heavy atom. The van der Waals surface area contributed by atoms with Gasteiger partial charge in [0.05, 0.1) is 19.8 Å². The Bertz CT molecular complexity index is 934. The van der Waals surface area contributed by atoms with Gasteiger partial charge in [0.25, 0.3) is 0 Å². The van der Waals surface area contributed by atoms with Gasteiger partial charge in [0.2, 0.25) is 0 Å². The molecule has 0 aliphatic carbocycles. The predicted octanol–water partition coefficient (Wildman–Crippen LogP) is 8.18. The summed E-state index contributed by atoms with van der Waals surface area (Å²) in [6.07, 6.45) is 10.3. The molecular formula is C32H52O5. The molecule has 2 unspecified atom stereocenters. The van der Waals surface area contributed by atoms with Crippen LogP contribution in [0.25, 0.3) is 0 Å². The average molecular weight is 517 g/mol. The van der Waals surface area contributed by atoms with Gasteiger partial charge in [-0.3, -0.25) is 9.59 Å². The standard InChI is InChI=1S/C32H52O5/c1-20(2)14-11-15-21(3)16-12-17-22(4)18-13-19-32(8)27(31(34)36-10)28(33)26-25(7)29(35-9)23(5)24(6)30(26)37-32/h20-22,27H,11-19H2,1-10H3/t21-,22+,27?,32?/m1/s1. The molecule has 0 saturated heterocycles. The van der Waals surface area contributed by atoms with Crippen molar-refractivity contribution in [3.05, 3.63) is 22.3 Å². The van der Waals surface area contributed by atoms with E-state index in [4.69, 9.17) is 14.2 Å². The number of Topliss-reactive ketones (excluding diaryl/α,β-unsaturated/α-hetero) is 1. The van der Waals surface area contributed by atoms with Crippen molar-refractivity contribution in [3.8, 4) is 11.5 Å². The van der Waals surface area contributed by atoms with Crippen LogP contribution in [0.5, 0.6) is 11.5 Å². The van der Waals surface area contributed by atoms with Gasteiger partial charge in [-0.25, -0.2) is 0 Å². The van der Waals surface area contributed by atoms with E-state index in [1.165, 1.54) is 45.6 Å². The fourth-order valence-electron chi connectivity index (χ4n) is 5.99. The SMILES string of the molecule is COC(=O)C1C(=O)c2c(C)c(OC)c(C)c(C)c2OC1(C)CCC[C@@H](C)CCC[C@H](C)CCCC(C)C. The van der Waals surface area contributed by atoms with E-state index in [9.17, 15) is 9.59 Å². The summed E-state index contributed by atoms with van der Waals surface area (Å²) in [4.78, 5) is 26.6. The quantitative estimate of drug-likeness (QED) is 0.184. The second-order valence-corrected chi connectivity index (χ2v) is 12.2. The highest BCUT2D eigenvalue weighted by molar-refractivity contribution is 6.13. The molecule has 1 aliphatic heterocycles. The number of ketones is 1. The molecule has 5 nitrogen and oxygen atoms in total. The molecule has 0 saturated carbocycles. The Morgan fingerprint density at radius 2 is 1.41 bits per heavy atom. The van der Waals surface area contributed by atoms with Gasteiger partial charge < -0.3 is 14.2 Å². The Hall–Kier alpha value is -2.04. The number of methoxy groups -OCH3 is 2. The highest BCUT2D eigenvalue weighted by atomic mass is 16.5. The van der Waals surface area contributed by atoms with Gasteiger partial charge in [-0.05, 0) is 69.4 Å². The molecule has 4 atom stereocenters. The summed E-state index contributed by atoms with van der Waals surface area (Å²) in [5.74, 6) is 1.70. The summed E-state index contributed by atoms with van der Waals surface area (Å²) in [6, 6.07) is 0. The second kappa shape index (κ2) is 13.7. The number of benzene rings is 1. The Kier molecular flexibility index (Phi) is 11.5. The number of hydrogen-bond donors (Lipinski definition) is 0. The average Bonchev–Trinajstić information content (AvgIpc) is 2.82. The van der Waals surface area contributed by atoms with Gasteiger partial charge in [0.15, 0.2) is 11.7 Å². The summed E-state index contributed by atoms with van der Waals surface area (Å²) >= 11 is 0. The van der Waals surface area contributed by atoms with Crippen molar-refractivity contribution in [1.82, 2.24) is 0 Å². The maximum absolute atomic E-state index is 13.8. The molecule has 2 rings (SSSR count). The minimum absolute atomic E-state index is 0.228. The van der Waals surface area contributed by atoms with Crippen molar-refractivity contribution in [1.29, 1.82) is 0 Å². The molecule has 1 aromatic carbocycles. The van der Waals surface area contributed by atoms with E-state index < -0.39 is 17.5 Å². The monoisotopic (exact) mass is 516 g/mol. The van der Waals surface area contributed by atoms with E-state index >= 15 is 0 Å². The first-order valence-corrected chi connectivity index (χ1v) is 14.4. The minimum Gasteiger partial charge on any atom is -0.496 e. The predicted molar refractivity (Wildman–Crippen MR) is 151 cm³/mol. The lowest BCUT2D eigenvalue weighted by Crippen LogP contribution is -2.52. The van der Waals surface area contributed by atoms with Crippen molar-refractivity contribution >= 4 is 11.8 Å². The summed E-state index contributed by atoms with van der Waals surface area (Å²) < 4.78 is 17.3. The fraction of sp³-hybridized carbons (Fsp3) is 0.750. The van der Waals surface area contributed by atoms with E-state index in [1.54, 1.807) is 7.11 Å². The van der Waals surface area contributed by atoms with Crippen LogP contribution < -0.4 is 9.47 Å². The van der Waals surface area contributed by atoms with Crippen LogP contribution in [0, 0.1) is 44.4 Å². The molecule has 1 heterocycles. The molecule has 0 N–H and O–H groups in total. The Balaban J connectivity index is 2.06. The molecule has 0 aromatic heterocycles. The largest absolute Gasteiger partial charge is 0.496 e. The molecule has 5 heteroatoms. The van der Waals surface area contributed by atoms with Crippen LogP contribution in [-0.4, -0.2) is 31.6 Å². The zero-order chi connectivity index (χ0) is 27.9. The molecule has 0 bridgehead atoms. The molecule has 0 spiro atoms. The number of hydrogen-bond acceptors (Lipinski definition) is 5. The Labute approximate surface area is 226 Å². The van der Waals surface area contributed by atoms with Crippen molar-refractivity contribution in [3.63, 3.8) is 0 Å². The summed E-state index contributed by atoms with van der Waals surface area (Å²) in [7, 11) is 2.94. The number of ether oxygens (including phenoxy) is 3. The smallest absolute Gasteiger partial charge is 0.320 e. The summed E-state index contributed by atoms with van der Waals surface area (Å²) in [6.45, 7) is 17.0. The van der Waals surface area contributed by atoms with E-state index in [0.29, 0.717) is 35.0 Å². The lowest BCUT2D eigenvalue weighted by atomic mass is 9.75. The van der Waals surface area contributed by atoms with Gasteiger partial charge in [-0.2, -0.15) is 0 Å². The van der Waals surface area contributed by atoms with Crippen LogP contribution in [0.4, 0.5) is 0 Å². The molecule has 0 amide bonds. The van der Waals surface area contributed by atoms with Gasteiger partial charge in [-0.15, -0.1) is 0 Å². The highest BCUT2D eigenvalue weighted by Gasteiger charge is 2.52. The van der Waals surface area contributed by atoms with Crippen LogP contribution in [0.2, 0.25) is 0 Å². The van der Waals surface area contributed by atoms with Crippen molar-refractivity contribution < 1.29 is 23.8 Å². The zero-order valence-electron chi connectivity index (χ0n) is 25.2. The summed E-state index contributed by atoms with van der Waals surface area (Å²) in [5, 5.41) is 0. The highest BCUT2D eigenvalue weighted by Crippen LogP contribution is 2.47. The van der Waals surface area contributed by atoms with Crippen LogP contribution >= 0.6 is 0 Å². The van der Waals surface area contributed by atoms with E-state index in [-0.39, 0.29) is 5.78 Å². The van der Waals surface area contributed by atoms with E-state index in [1.807, 2.05) is 27.7 Å². The normalized spacial score (nSPS) is 20.8. The first kappa shape index (κ1) is 31.2. The lowest BCUT2D eigenvalue weighted by molar-refractivity contribution is -0.151. The van der Waals surface area contributed by atoms with Crippen LogP contribution in [0.1, 0.15) is 119 Å². The number of rotatable bonds is 14. The van der Waals surface area contributed by atoms with Gasteiger partial charge in [-0.1, -0.05) is 72.6 Å². The summed E-state index contributed by atoms with van der Waals surface area (Å²) in [5.41, 5.74) is 2.06. The molecule has 1 aliphatic rings. The topological polar surface area (TPSA) is 61.8 Å². The van der Waals surface area contributed by atoms with Crippen molar-refractivity contribution in [2.75, 3.05) is 14.2 Å². The molecule has 0 fully saturated rings. The van der Waals surface area contributed by atoms with Crippen molar-refractivity contribution in [2.45, 2.75) is 119 Å². The van der Waals surface area contributed by atoms with Crippen LogP contribution in [0.15, 0.2) is 0 Å². The molecule has 37 heavy (non-hydrogen) atoms. The zero-order valence-corrected chi connectivity index (χ0v) is 25.2. The Morgan fingerprint density at radius 1 is 0.865 bits per heavy atom. The minimum atomic E-state index is -0.988. The first-order chi connectivity index (χ1) is 17.4. The maximum atomic E-state index is 13.8. The molecular weight excluding hydrogens is 464 g/mol. The maximum Gasteiger partial charge on any atom is 0.320 e. The number of carbonyl (C=O) groups is 2. The molecule has 210 valence electrons.